The summed E-state index contributed by atoms with van der Waals surface area (Å²) in [6.07, 6.45) is 11.4. The quantitative estimate of drug-likeness (QED) is 0.517. The lowest BCUT2D eigenvalue weighted by molar-refractivity contribution is -0.137. The van der Waals surface area contributed by atoms with Gasteiger partial charge in [-0.05, 0) is 57.1 Å². The van der Waals surface area contributed by atoms with Crippen LogP contribution in [0.5, 0.6) is 0 Å². The Morgan fingerprint density at radius 1 is 0.857 bits per heavy atom. The third-order valence-electron chi connectivity index (χ3n) is 6.26. The molecule has 0 bridgehead atoms. The Hall–Kier alpha value is -1.35. The minimum Gasteiger partial charge on any atom is -0.300 e. The Morgan fingerprint density at radius 3 is 2.00 bits per heavy atom. The van der Waals surface area contributed by atoms with Gasteiger partial charge in [0.2, 0.25) is 0 Å². The number of benzene rings is 1. The highest BCUT2D eigenvalue weighted by atomic mass is 31.1. The van der Waals surface area contributed by atoms with Crippen LogP contribution >= 0.6 is 7.92 Å². The molecule has 0 unspecified atom stereocenters. The average Bonchev–Trinajstić information content (AvgIpc) is 3.18. The van der Waals surface area contributed by atoms with Gasteiger partial charge in [-0.3, -0.25) is 4.57 Å². The van der Waals surface area contributed by atoms with Crippen molar-refractivity contribution >= 4 is 13.5 Å². The van der Waals surface area contributed by atoms with Gasteiger partial charge in [-0.2, -0.15) is 13.2 Å². The first-order valence-corrected chi connectivity index (χ1v) is 12.0. The summed E-state index contributed by atoms with van der Waals surface area (Å²) in [4.78, 5) is 4.69. The van der Waals surface area contributed by atoms with E-state index in [1.165, 1.54) is 76.3 Å². The van der Waals surface area contributed by atoms with Crippen molar-refractivity contribution in [2.24, 2.45) is 0 Å². The summed E-state index contributed by atoms with van der Waals surface area (Å²) in [6.45, 7) is 0. The van der Waals surface area contributed by atoms with E-state index in [1.54, 1.807) is 29.1 Å². The maximum absolute atomic E-state index is 13.7. The summed E-state index contributed by atoms with van der Waals surface area (Å²) >= 11 is 0. The number of rotatable bonds is 4. The number of aromatic nitrogens is 2. The summed E-state index contributed by atoms with van der Waals surface area (Å²) < 4.78 is 42.7. The Morgan fingerprint density at radius 2 is 1.43 bits per heavy atom. The van der Waals surface area contributed by atoms with Crippen LogP contribution in [-0.2, 0) is 6.18 Å². The molecule has 2 aliphatic carbocycles. The fourth-order valence-electron chi connectivity index (χ4n) is 4.94. The van der Waals surface area contributed by atoms with E-state index in [0.29, 0.717) is 11.3 Å². The van der Waals surface area contributed by atoms with Gasteiger partial charge in [0.15, 0.2) is 0 Å². The van der Waals surface area contributed by atoms with Gasteiger partial charge in [0.1, 0.15) is 5.57 Å². The van der Waals surface area contributed by atoms with E-state index < -0.39 is 19.7 Å². The molecule has 4 rings (SSSR count). The topological polar surface area (TPSA) is 17.8 Å². The molecule has 2 saturated carbocycles. The molecule has 1 heterocycles. The van der Waals surface area contributed by atoms with Gasteiger partial charge in [0.05, 0.1) is 11.3 Å². The molecule has 0 amide bonds. The van der Waals surface area contributed by atoms with Gasteiger partial charge in [0.25, 0.3) is 0 Å². The highest BCUT2D eigenvalue weighted by Crippen LogP contribution is 2.54. The molecule has 2 aliphatic rings. The normalized spacial score (nSPS) is 20.0. The molecule has 2 fully saturated rings. The van der Waals surface area contributed by atoms with Crippen molar-refractivity contribution < 1.29 is 13.2 Å². The van der Waals surface area contributed by atoms with Crippen LogP contribution in [0.2, 0.25) is 0 Å². The number of nitrogens with zero attached hydrogens (tertiary/aromatic N) is 2. The third-order valence-corrected chi connectivity index (χ3v) is 9.66. The third kappa shape index (κ3) is 4.15. The number of hydrogen-bond donors (Lipinski definition) is 0. The lowest BCUT2D eigenvalue weighted by Crippen LogP contribution is -2.31. The standard InChI is InChI=1S/C22H28F3N2P/c23-22(24,25)19-13-7-8-14-20(19)27-16-15-26-21(27)28(17-9-3-1-4-10-17)18-11-5-2-6-12-18/h7-8,13-18H,1-6,9-12H2. The van der Waals surface area contributed by atoms with Crippen LogP contribution in [0, 0.1) is 0 Å². The molecule has 152 valence electrons. The molecule has 1 aromatic heterocycles. The summed E-state index contributed by atoms with van der Waals surface area (Å²) in [7, 11) is -0.563. The van der Waals surface area contributed by atoms with E-state index in [4.69, 9.17) is 4.98 Å². The van der Waals surface area contributed by atoms with Crippen molar-refractivity contribution in [2.75, 3.05) is 0 Å². The van der Waals surface area contributed by atoms with Crippen LogP contribution < -0.4 is 5.57 Å². The first-order chi connectivity index (χ1) is 13.6. The van der Waals surface area contributed by atoms with Crippen molar-refractivity contribution in [2.45, 2.75) is 81.7 Å². The van der Waals surface area contributed by atoms with Crippen LogP contribution in [0.25, 0.3) is 5.69 Å². The predicted octanol–water partition coefficient (Wildman–Crippen LogP) is 6.66. The molecular weight excluding hydrogens is 380 g/mol. The largest absolute Gasteiger partial charge is 0.418 e. The minimum atomic E-state index is -4.36. The zero-order chi connectivity index (χ0) is 19.6. The molecular formula is C22H28F3N2P. The van der Waals surface area contributed by atoms with Crippen LogP contribution in [-0.4, -0.2) is 20.9 Å². The summed E-state index contributed by atoms with van der Waals surface area (Å²) in [6, 6.07) is 5.93. The monoisotopic (exact) mass is 408 g/mol. The second kappa shape index (κ2) is 8.57. The number of halogens is 3. The first kappa shape index (κ1) is 19.9. The second-order valence-electron chi connectivity index (χ2n) is 8.10. The zero-order valence-electron chi connectivity index (χ0n) is 16.2. The molecule has 1 aromatic carbocycles. The molecule has 0 atom stereocenters. The fraction of sp³-hybridized carbons (Fsp3) is 0.591. The van der Waals surface area contributed by atoms with Gasteiger partial charge >= 0.3 is 6.18 Å². The maximum atomic E-state index is 13.7. The van der Waals surface area contributed by atoms with Gasteiger partial charge in [0, 0.05) is 12.4 Å². The number of para-hydroxylation sites is 1. The van der Waals surface area contributed by atoms with Crippen LogP contribution in [0.1, 0.15) is 69.8 Å². The van der Waals surface area contributed by atoms with E-state index in [2.05, 4.69) is 0 Å². The SMILES string of the molecule is FC(F)(F)c1ccccc1-n1ccnc1P(C1CCCCC1)C1CCCCC1. The van der Waals surface area contributed by atoms with Crippen molar-refractivity contribution in [3.63, 3.8) is 0 Å². The lowest BCUT2D eigenvalue weighted by Gasteiger charge is -2.38. The van der Waals surface area contributed by atoms with Crippen LogP contribution in [0.4, 0.5) is 13.2 Å². The van der Waals surface area contributed by atoms with E-state index in [0.717, 1.165) is 5.57 Å². The Balaban J connectivity index is 1.76. The summed E-state index contributed by atoms with van der Waals surface area (Å²) in [5.41, 5.74) is 1.76. The Kier molecular flexibility index (Phi) is 6.10. The smallest absolute Gasteiger partial charge is 0.300 e. The average molecular weight is 408 g/mol. The van der Waals surface area contributed by atoms with E-state index in [-0.39, 0.29) is 5.69 Å². The molecule has 0 spiro atoms. The van der Waals surface area contributed by atoms with Crippen LogP contribution in [0.3, 0.4) is 0 Å². The van der Waals surface area contributed by atoms with E-state index >= 15 is 0 Å². The molecule has 0 saturated heterocycles. The highest BCUT2D eigenvalue weighted by molar-refractivity contribution is 7.66. The fourth-order valence-corrected chi connectivity index (χ4v) is 8.66. The number of alkyl halides is 3. The summed E-state index contributed by atoms with van der Waals surface area (Å²) in [5.74, 6) is 0. The number of imidazole rings is 1. The maximum Gasteiger partial charge on any atom is 0.418 e. The molecule has 0 radical (unpaired) electrons. The van der Waals surface area contributed by atoms with Crippen molar-refractivity contribution in [3.05, 3.63) is 42.2 Å². The highest BCUT2D eigenvalue weighted by Gasteiger charge is 2.37. The molecule has 0 aliphatic heterocycles. The van der Waals surface area contributed by atoms with Crippen molar-refractivity contribution in [3.8, 4) is 5.69 Å². The van der Waals surface area contributed by atoms with Gasteiger partial charge in [-0.15, -0.1) is 0 Å². The van der Waals surface area contributed by atoms with Gasteiger partial charge in [-0.1, -0.05) is 50.7 Å². The second-order valence-corrected chi connectivity index (χ2v) is 10.8. The van der Waals surface area contributed by atoms with Crippen LogP contribution in [0.15, 0.2) is 36.7 Å². The van der Waals surface area contributed by atoms with Crippen molar-refractivity contribution in [1.29, 1.82) is 0 Å². The summed E-state index contributed by atoms with van der Waals surface area (Å²) in [5, 5.41) is 0. The van der Waals surface area contributed by atoms with E-state index in [9.17, 15) is 13.2 Å². The lowest BCUT2D eigenvalue weighted by atomic mass is 9.99. The Labute approximate surface area is 166 Å². The Bertz CT molecular complexity index is 756. The van der Waals surface area contributed by atoms with Gasteiger partial charge in [-0.25, -0.2) is 4.98 Å². The molecule has 2 aromatic rings. The molecule has 2 nitrogen and oxygen atoms in total. The predicted molar refractivity (Wildman–Crippen MR) is 109 cm³/mol. The van der Waals surface area contributed by atoms with Gasteiger partial charge < -0.3 is 0 Å². The molecule has 0 N–H and O–H groups in total. The molecule has 28 heavy (non-hydrogen) atoms. The number of hydrogen-bond acceptors (Lipinski definition) is 1. The molecule has 6 heteroatoms. The minimum absolute atomic E-state index is 0.224. The first-order valence-electron chi connectivity index (χ1n) is 10.5. The van der Waals surface area contributed by atoms with E-state index in [1.807, 2.05) is 0 Å². The zero-order valence-corrected chi connectivity index (χ0v) is 17.1. The van der Waals surface area contributed by atoms with Crippen molar-refractivity contribution in [1.82, 2.24) is 9.55 Å².